The van der Waals surface area contributed by atoms with Gasteiger partial charge in [0.1, 0.15) is 5.69 Å². The lowest BCUT2D eigenvalue weighted by atomic mass is 10.3. The molecule has 116 valence electrons. The first-order valence-electron chi connectivity index (χ1n) is 5.67. The highest BCUT2D eigenvalue weighted by Crippen LogP contribution is 2.29. The van der Waals surface area contributed by atoms with Crippen molar-refractivity contribution in [3.63, 3.8) is 0 Å². The van der Waals surface area contributed by atoms with E-state index >= 15 is 0 Å². The molecule has 0 radical (unpaired) electrons. The third-order valence-corrected chi connectivity index (χ3v) is 4.69. The van der Waals surface area contributed by atoms with E-state index in [-0.39, 0.29) is 10.7 Å². The Morgan fingerprint density at radius 1 is 1.36 bits per heavy atom. The number of aromatic nitrogens is 1. The monoisotopic (exact) mass is 344 g/mol. The number of halogens is 1. The number of benzene rings is 1. The summed E-state index contributed by atoms with van der Waals surface area (Å²) in [4.78, 5) is 21.1. The summed E-state index contributed by atoms with van der Waals surface area (Å²) in [6.45, 7) is 0. The molecular formula is C11H9ClN4O5S. The Morgan fingerprint density at radius 2 is 2.05 bits per heavy atom. The highest BCUT2D eigenvalue weighted by atomic mass is 35.5. The van der Waals surface area contributed by atoms with Crippen molar-refractivity contribution >= 4 is 33.2 Å². The second-order valence-corrected chi connectivity index (χ2v) is 6.26. The lowest BCUT2D eigenvalue weighted by Crippen LogP contribution is -2.33. The van der Waals surface area contributed by atoms with Crippen LogP contribution in [0.15, 0.2) is 41.4 Å². The maximum atomic E-state index is 12.6. The molecule has 3 N–H and O–H groups in total. The van der Waals surface area contributed by atoms with Gasteiger partial charge in [0.2, 0.25) is 0 Å². The second-order valence-electron chi connectivity index (χ2n) is 4.04. The van der Waals surface area contributed by atoms with Crippen LogP contribution in [0, 0.1) is 10.1 Å². The van der Waals surface area contributed by atoms with Gasteiger partial charge >= 0.3 is 0 Å². The van der Waals surface area contributed by atoms with Gasteiger partial charge < -0.3 is 0 Å². The molecule has 1 amide bonds. The van der Waals surface area contributed by atoms with Crippen LogP contribution in [0.25, 0.3) is 0 Å². The fourth-order valence-electron chi connectivity index (χ4n) is 1.78. The van der Waals surface area contributed by atoms with Crippen molar-refractivity contribution in [2.24, 2.45) is 5.84 Å². The molecule has 1 heterocycles. The van der Waals surface area contributed by atoms with E-state index in [4.69, 9.17) is 17.4 Å². The van der Waals surface area contributed by atoms with Gasteiger partial charge in [-0.15, -0.1) is 0 Å². The van der Waals surface area contributed by atoms with Crippen molar-refractivity contribution in [1.29, 1.82) is 0 Å². The van der Waals surface area contributed by atoms with Crippen LogP contribution >= 0.6 is 11.6 Å². The summed E-state index contributed by atoms with van der Waals surface area (Å²) in [5.41, 5.74) is 0.846. The van der Waals surface area contributed by atoms with E-state index < -0.39 is 31.4 Å². The molecule has 0 fully saturated rings. The number of amides is 1. The normalized spacial score (nSPS) is 11.2. The molecule has 0 atom stereocenters. The Morgan fingerprint density at radius 3 is 2.64 bits per heavy atom. The first-order valence-corrected chi connectivity index (χ1v) is 7.48. The lowest BCUT2D eigenvalue weighted by molar-refractivity contribution is -0.387. The van der Waals surface area contributed by atoms with E-state index in [1.807, 2.05) is 0 Å². The van der Waals surface area contributed by atoms with Crippen molar-refractivity contribution in [2.45, 2.75) is 4.90 Å². The second kappa shape index (κ2) is 5.75. The van der Waals surface area contributed by atoms with Crippen molar-refractivity contribution < 1.29 is 18.1 Å². The maximum Gasteiger partial charge on any atom is 0.290 e. The summed E-state index contributed by atoms with van der Waals surface area (Å²) in [7, 11) is -4.41. The van der Waals surface area contributed by atoms with E-state index in [0.717, 1.165) is 18.3 Å². The number of nitrogens with two attached hydrogens (primary N) is 1. The van der Waals surface area contributed by atoms with Crippen LogP contribution in [0.3, 0.4) is 0 Å². The number of hydrazine groups is 1. The van der Waals surface area contributed by atoms with Crippen molar-refractivity contribution in [3.05, 3.63) is 57.4 Å². The summed E-state index contributed by atoms with van der Waals surface area (Å²) >= 11 is 5.72. The third kappa shape index (κ3) is 2.66. The van der Waals surface area contributed by atoms with Gasteiger partial charge in [0.25, 0.3) is 21.6 Å². The minimum Gasteiger partial charge on any atom is -0.289 e. The molecule has 2 aromatic rings. The standard InChI is InChI=1S/C11H9ClN4O5S/c12-7-3-4-8(16(18)19)10(6-7)22(20,21)15-5-1-2-9(15)11(17)14-13/h1-6H,13H2,(H,14,17). The molecule has 22 heavy (non-hydrogen) atoms. The summed E-state index contributed by atoms with van der Waals surface area (Å²) in [6.07, 6.45) is 1.07. The average Bonchev–Trinajstić information content (AvgIpc) is 2.96. The van der Waals surface area contributed by atoms with Gasteiger partial charge in [0.05, 0.1) is 4.92 Å². The number of carbonyl (C=O) groups excluding carboxylic acids is 1. The zero-order valence-electron chi connectivity index (χ0n) is 10.8. The molecule has 9 nitrogen and oxygen atoms in total. The Kier molecular flexibility index (Phi) is 4.17. The van der Waals surface area contributed by atoms with Crippen LogP contribution in [-0.4, -0.2) is 23.2 Å². The van der Waals surface area contributed by atoms with E-state index in [1.54, 1.807) is 5.43 Å². The molecule has 0 saturated heterocycles. The summed E-state index contributed by atoms with van der Waals surface area (Å²) in [5, 5.41) is 11.0. The van der Waals surface area contributed by atoms with Crippen LogP contribution in [0.4, 0.5) is 5.69 Å². The molecule has 1 aromatic carbocycles. The first-order chi connectivity index (χ1) is 10.3. The molecule has 2 rings (SSSR count). The predicted octanol–water partition coefficient (Wildman–Crippen LogP) is 0.890. The summed E-state index contributed by atoms with van der Waals surface area (Å²) in [6, 6.07) is 5.61. The van der Waals surface area contributed by atoms with Gasteiger partial charge in [-0.05, 0) is 24.3 Å². The molecule has 0 bridgehead atoms. The van der Waals surface area contributed by atoms with Crippen LogP contribution < -0.4 is 11.3 Å². The minimum atomic E-state index is -4.41. The molecule has 11 heteroatoms. The molecule has 0 unspecified atom stereocenters. The molecule has 1 aromatic heterocycles. The van der Waals surface area contributed by atoms with Crippen LogP contribution in [-0.2, 0) is 10.0 Å². The van der Waals surface area contributed by atoms with Crippen molar-refractivity contribution in [2.75, 3.05) is 0 Å². The van der Waals surface area contributed by atoms with Crippen molar-refractivity contribution in [3.8, 4) is 0 Å². The van der Waals surface area contributed by atoms with E-state index in [0.29, 0.717) is 3.97 Å². The van der Waals surface area contributed by atoms with E-state index in [9.17, 15) is 23.3 Å². The fraction of sp³-hybridized carbons (Fsp3) is 0. The lowest BCUT2D eigenvalue weighted by Gasteiger charge is -2.10. The van der Waals surface area contributed by atoms with Gasteiger partial charge in [-0.2, -0.15) is 0 Å². The Hall–Kier alpha value is -2.43. The fourth-order valence-corrected chi connectivity index (χ4v) is 3.54. The molecule has 0 spiro atoms. The first kappa shape index (κ1) is 15.9. The van der Waals surface area contributed by atoms with Crippen molar-refractivity contribution in [1.82, 2.24) is 9.40 Å². The zero-order chi connectivity index (χ0) is 16.5. The summed E-state index contributed by atoms with van der Waals surface area (Å²) in [5.74, 6) is 4.12. The summed E-state index contributed by atoms with van der Waals surface area (Å²) < 4.78 is 25.8. The topological polar surface area (TPSA) is 137 Å². The molecule has 0 aliphatic rings. The number of rotatable bonds is 4. The number of nitrogens with zero attached hydrogens (tertiary/aromatic N) is 2. The van der Waals surface area contributed by atoms with Gasteiger partial charge in [-0.3, -0.25) is 20.3 Å². The van der Waals surface area contributed by atoms with E-state index in [1.165, 1.54) is 18.2 Å². The Balaban J connectivity index is 2.72. The van der Waals surface area contributed by atoms with Gasteiger partial charge in [-0.25, -0.2) is 18.2 Å². The van der Waals surface area contributed by atoms with Gasteiger partial charge in [0.15, 0.2) is 4.90 Å². The molecular weight excluding hydrogens is 336 g/mol. The zero-order valence-corrected chi connectivity index (χ0v) is 12.3. The number of nitro benzene ring substituents is 1. The van der Waals surface area contributed by atoms with E-state index in [2.05, 4.69) is 0 Å². The maximum absolute atomic E-state index is 12.6. The largest absolute Gasteiger partial charge is 0.290 e. The number of hydrogen-bond acceptors (Lipinski definition) is 6. The third-order valence-electron chi connectivity index (χ3n) is 2.73. The molecule has 0 aliphatic carbocycles. The minimum absolute atomic E-state index is 0.00107. The number of nitro groups is 1. The number of carbonyl (C=O) groups is 1. The SMILES string of the molecule is NNC(=O)c1cccn1S(=O)(=O)c1cc(Cl)ccc1[N+](=O)[O-]. The number of nitrogens with one attached hydrogen (secondary N) is 1. The number of hydrogen-bond donors (Lipinski definition) is 2. The van der Waals surface area contributed by atoms with Gasteiger partial charge in [-0.1, -0.05) is 11.6 Å². The smallest absolute Gasteiger partial charge is 0.289 e. The molecule has 0 aliphatic heterocycles. The predicted molar refractivity (Wildman–Crippen MR) is 76.8 cm³/mol. The Labute approximate surface area is 129 Å². The van der Waals surface area contributed by atoms with Crippen LogP contribution in [0.1, 0.15) is 10.5 Å². The highest BCUT2D eigenvalue weighted by Gasteiger charge is 2.30. The highest BCUT2D eigenvalue weighted by molar-refractivity contribution is 7.90. The Bertz CT molecular complexity index is 861. The number of nitrogen functional groups attached to an aromatic ring is 1. The van der Waals surface area contributed by atoms with Crippen LogP contribution in [0.5, 0.6) is 0 Å². The quantitative estimate of drug-likeness (QED) is 0.365. The van der Waals surface area contributed by atoms with Gasteiger partial charge in [0, 0.05) is 17.3 Å². The molecule has 0 saturated carbocycles. The average molecular weight is 345 g/mol. The van der Waals surface area contributed by atoms with Crippen LogP contribution in [0.2, 0.25) is 5.02 Å².